The maximum atomic E-state index is 14.5. The van der Waals surface area contributed by atoms with Crippen LogP contribution in [0.5, 0.6) is 0 Å². The predicted octanol–water partition coefficient (Wildman–Crippen LogP) is 6.10. The molecule has 1 unspecified atom stereocenters. The van der Waals surface area contributed by atoms with E-state index in [2.05, 4.69) is 53.6 Å². The van der Waals surface area contributed by atoms with Crippen LogP contribution in [0, 0.1) is 50.7 Å². The molecular formula is C32H49NO4. The van der Waals surface area contributed by atoms with Gasteiger partial charge in [0.2, 0.25) is 0 Å². The van der Waals surface area contributed by atoms with Gasteiger partial charge in [0.15, 0.2) is 0 Å². The van der Waals surface area contributed by atoms with E-state index in [4.69, 9.17) is 4.52 Å². The van der Waals surface area contributed by atoms with Crippen molar-refractivity contribution in [1.82, 2.24) is 5.16 Å². The topological polar surface area (TPSA) is 83.6 Å². The summed E-state index contributed by atoms with van der Waals surface area (Å²) in [5, 5.41) is 25.6. The molecule has 6 rings (SSSR count). The van der Waals surface area contributed by atoms with Gasteiger partial charge in [-0.15, -0.1) is 0 Å². The van der Waals surface area contributed by atoms with E-state index in [0.29, 0.717) is 24.0 Å². The van der Waals surface area contributed by atoms with Gasteiger partial charge in [0, 0.05) is 28.7 Å². The van der Waals surface area contributed by atoms with Crippen LogP contribution >= 0.6 is 0 Å². The number of aliphatic hydroxyl groups excluding tert-OH is 2. The zero-order valence-electron chi connectivity index (χ0n) is 24.2. The van der Waals surface area contributed by atoms with Crippen LogP contribution in [-0.4, -0.2) is 33.9 Å². The second-order valence-electron chi connectivity index (χ2n) is 16.1. The Morgan fingerprint density at radius 3 is 2.41 bits per heavy atom. The number of ketones is 1. The molecule has 5 heteroatoms. The normalized spacial score (nSPS) is 48.6. The van der Waals surface area contributed by atoms with Crippen LogP contribution in [-0.2, 0) is 16.6 Å². The number of carbonyl (C=O) groups is 1. The molecule has 0 saturated heterocycles. The maximum Gasteiger partial charge on any atom is 0.145 e. The van der Waals surface area contributed by atoms with Gasteiger partial charge >= 0.3 is 0 Å². The summed E-state index contributed by atoms with van der Waals surface area (Å²) in [6, 6.07) is 0. The molecule has 4 saturated carbocycles. The van der Waals surface area contributed by atoms with Crippen molar-refractivity contribution in [2.75, 3.05) is 6.61 Å². The van der Waals surface area contributed by atoms with Gasteiger partial charge in [0.1, 0.15) is 11.5 Å². The maximum absolute atomic E-state index is 14.5. The fourth-order valence-electron chi connectivity index (χ4n) is 11.8. The zero-order chi connectivity index (χ0) is 26.8. The molecule has 0 aliphatic heterocycles. The Bertz CT molecular complexity index is 1110. The van der Waals surface area contributed by atoms with Gasteiger partial charge in [-0.05, 0) is 90.8 Å². The Morgan fingerprint density at radius 1 is 1.00 bits per heavy atom. The molecule has 1 aromatic rings. The van der Waals surface area contributed by atoms with Crippen molar-refractivity contribution < 1.29 is 19.5 Å². The van der Waals surface area contributed by atoms with E-state index in [9.17, 15) is 15.0 Å². The lowest BCUT2D eigenvalue weighted by atomic mass is 9.31. The fourth-order valence-corrected chi connectivity index (χ4v) is 11.8. The Labute approximate surface area is 223 Å². The van der Waals surface area contributed by atoms with E-state index in [0.717, 1.165) is 57.1 Å². The average molecular weight is 512 g/mol. The van der Waals surface area contributed by atoms with E-state index >= 15 is 0 Å². The largest absolute Gasteiger partial charge is 0.394 e. The Hall–Kier alpha value is -1.20. The minimum absolute atomic E-state index is 0.0175. The molecular weight excluding hydrogens is 462 g/mol. The summed E-state index contributed by atoms with van der Waals surface area (Å²) in [5.74, 6) is 2.36. The number of hydrogen-bond acceptors (Lipinski definition) is 5. The first-order valence-corrected chi connectivity index (χ1v) is 14.9. The van der Waals surface area contributed by atoms with Crippen molar-refractivity contribution in [3.8, 4) is 0 Å². The van der Waals surface area contributed by atoms with Crippen LogP contribution in [0.25, 0.3) is 0 Å². The molecule has 37 heavy (non-hydrogen) atoms. The summed E-state index contributed by atoms with van der Waals surface area (Å²) in [4.78, 5) is 14.5. The second kappa shape index (κ2) is 7.71. The van der Waals surface area contributed by atoms with Crippen molar-refractivity contribution in [3.63, 3.8) is 0 Å². The minimum atomic E-state index is -0.740. The summed E-state index contributed by atoms with van der Waals surface area (Å²) in [5.41, 5.74) is 0.928. The average Bonchev–Trinajstić information content (AvgIpc) is 3.28. The van der Waals surface area contributed by atoms with Crippen molar-refractivity contribution in [2.45, 2.75) is 118 Å². The number of rotatable bonds is 2. The highest BCUT2D eigenvalue weighted by Crippen LogP contribution is 2.76. The molecule has 0 bridgehead atoms. The smallest absolute Gasteiger partial charge is 0.145 e. The molecule has 5 aliphatic carbocycles. The molecule has 0 radical (unpaired) electrons. The number of aliphatic hydroxyl groups is 2. The molecule has 1 aromatic heterocycles. The zero-order valence-corrected chi connectivity index (χ0v) is 24.2. The van der Waals surface area contributed by atoms with E-state index < -0.39 is 6.10 Å². The van der Waals surface area contributed by atoms with Gasteiger partial charge in [-0.1, -0.05) is 53.6 Å². The number of hydrogen-bond donors (Lipinski definition) is 2. The minimum Gasteiger partial charge on any atom is -0.394 e. The lowest BCUT2D eigenvalue weighted by Crippen LogP contribution is -2.70. The lowest BCUT2D eigenvalue weighted by Gasteiger charge is -2.72. The number of nitrogens with zero attached hydrogens (tertiary/aromatic N) is 1. The van der Waals surface area contributed by atoms with E-state index in [-0.39, 0.29) is 50.9 Å². The van der Waals surface area contributed by atoms with Gasteiger partial charge in [-0.3, -0.25) is 4.79 Å². The summed E-state index contributed by atoms with van der Waals surface area (Å²) in [7, 11) is 0. The number of Topliss-reactive ketones (excluding diaryl/α,β-unsaturated/α-hetero) is 1. The third-order valence-corrected chi connectivity index (χ3v) is 13.9. The first kappa shape index (κ1) is 26.0. The molecule has 0 amide bonds. The standard InChI is InChI=1S/C32H49NO4/c1-27(2)10-12-32(24(36)18-34)13-11-31(7)25(20(32)16-27)21(35)14-23-29(5)15-19-17-33-37-26(19)28(3,4)22(29)8-9-30(23,31)6/h17,20,22-25,34,36H,8-16,18H2,1-7H3/t20-,22-,23+,24?,25-,29-,30+,31+,32-/m0/s1. The molecule has 0 aromatic carbocycles. The predicted molar refractivity (Wildman–Crippen MR) is 143 cm³/mol. The highest BCUT2D eigenvalue weighted by molar-refractivity contribution is 5.84. The van der Waals surface area contributed by atoms with Crippen LogP contribution in [0.2, 0.25) is 0 Å². The molecule has 1 heterocycles. The Balaban J connectivity index is 1.45. The van der Waals surface area contributed by atoms with Crippen molar-refractivity contribution in [3.05, 3.63) is 17.5 Å². The molecule has 4 fully saturated rings. The van der Waals surface area contributed by atoms with Gasteiger partial charge < -0.3 is 14.7 Å². The Morgan fingerprint density at radius 2 is 1.70 bits per heavy atom. The lowest BCUT2D eigenvalue weighted by molar-refractivity contribution is -0.241. The molecule has 5 nitrogen and oxygen atoms in total. The first-order valence-electron chi connectivity index (χ1n) is 14.9. The summed E-state index contributed by atoms with van der Waals surface area (Å²) < 4.78 is 5.81. The first-order chi connectivity index (χ1) is 17.2. The quantitative estimate of drug-likeness (QED) is 0.501. The SMILES string of the molecule is CC1(C)CC[C@]2(C(O)CO)CC[C@]3(C)[C@H](C(=O)C[C@@H]4[C@@]5(C)Cc6cnoc6C(C)(C)[C@@H]5CC[C@]43C)[C@@H]2C1. The van der Waals surface area contributed by atoms with Gasteiger partial charge in [-0.25, -0.2) is 0 Å². The molecule has 206 valence electrons. The van der Waals surface area contributed by atoms with Gasteiger partial charge in [0.05, 0.1) is 18.9 Å². The summed E-state index contributed by atoms with van der Waals surface area (Å²) in [6.07, 6.45) is 9.86. The fraction of sp³-hybridized carbons (Fsp3) is 0.875. The molecule has 9 atom stereocenters. The third-order valence-electron chi connectivity index (χ3n) is 13.9. The number of carbonyl (C=O) groups excluding carboxylic acids is 1. The van der Waals surface area contributed by atoms with Crippen molar-refractivity contribution in [2.24, 2.45) is 50.7 Å². The number of aromatic nitrogens is 1. The van der Waals surface area contributed by atoms with Crippen LogP contribution in [0.3, 0.4) is 0 Å². The van der Waals surface area contributed by atoms with Crippen LogP contribution in [0.4, 0.5) is 0 Å². The van der Waals surface area contributed by atoms with Crippen molar-refractivity contribution in [1.29, 1.82) is 0 Å². The monoisotopic (exact) mass is 511 g/mol. The molecule has 0 spiro atoms. The van der Waals surface area contributed by atoms with E-state index in [1.165, 1.54) is 5.56 Å². The summed E-state index contributed by atoms with van der Waals surface area (Å²) in [6.45, 7) is 16.6. The summed E-state index contributed by atoms with van der Waals surface area (Å²) >= 11 is 0. The highest BCUT2D eigenvalue weighted by atomic mass is 16.5. The highest BCUT2D eigenvalue weighted by Gasteiger charge is 2.72. The Kier molecular flexibility index (Phi) is 5.43. The second-order valence-corrected chi connectivity index (χ2v) is 16.1. The van der Waals surface area contributed by atoms with Gasteiger partial charge in [-0.2, -0.15) is 0 Å². The van der Waals surface area contributed by atoms with Crippen LogP contribution in [0.1, 0.15) is 111 Å². The van der Waals surface area contributed by atoms with Crippen molar-refractivity contribution >= 4 is 5.78 Å². The van der Waals surface area contributed by atoms with Gasteiger partial charge in [0.25, 0.3) is 0 Å². The van der Waals surface area contributed by atoms with Crippen LogP contribution < -0.4 is 0 Å². The van der Waals surface area contributed by atoms with E-state index in [1.54, 1.807) is 0 Å². The third kappa shape index (κ3) is 3.11. The van der Waals surface area contributed by atoms with E-state index in [1.807, 2.05) is 6.20 Å². The molecule has 5 aliphatic rings. The molecule has 2 N–H and O–H groups in total. The van der Waals surface area contributed by atoms with Crippen LogP contribution in [0.15, 0.2) is 10.7 Å². The number of fused-ring (bicyclic) bond motifs is 8.